The van der Waals surface area contributed by atoms with E-state index >= 15 is 0 Å². The molecule has 2 aromatic heterocycles. The summed E-state index contributed by atoms with van der Waals surface area (Å²) in [7, 11) is 1.31. The highest BCUT2D eigenvalue weighted by molar-refractivity contribution is 5.85. The molecule has 0 aromatic carbocycles. The molecule has 6 nitrogen and oxygen atoms in total. The van der Waals surface area contributed by atoms with E-state index in [0.29, 0.717) is 11.5 Å². The first-order chi connectivity index (χ1) is 9.60. The second kappa shape index (κ2) is 6.10. The summed E-state index contributed by atoms with van der Waals surface area (Å²) < 4.78 is 4.64. The zero-order chi connectivity index (χ0) is 14.5. The van der Waals surface area contributed by atoms with Crippen molar-refractivity contribution >= 4 is 11.8 Å². The average molecular weight is 272 g/mol. The van der Waals surface area contributed by atoms with Crippen molar-refractivity contribution in [3.63, 3.8) is 0 Å². The number of carbonyl (C=O) groups excluding carboxylic acids is 1. The first-order valence-corrected chi connectivity index (χ1v) is 6.20. The van der Waals surface area contributed by atoms with Crippen molar-refractivity contribution in [2.75, 3.05) is 12.4 Å². The van der Waals surface area contributed by atoms with Crippen LogP contribution >= 0.6 is 0 Å². The van der Waals surface area contributed by atoms with Crippen molar-refractivity contribution < 1.29 is 9.53 Å². The number of nitrogens with one attached hydrogen (secondary N) is 1. The summed E-state index contributed by atoms with van der Waals surface area (Å²) in [5.41, 5.74) is 1.78. The fourth-order valence-electron chi connectivity index (χ4n) is 1.78. The predicted molar refractivity (Wildman–Crippen MR) is 74.4 cm³/mol. The minimum absolute atomic E-state index is 0.0396. The average Bonchev–Trinajstić information content (AvgIpc) is 2.46. The summed E-state index contributed by atoms with van der Waals surface area (Å²) in [6.45, 7) is 3.81. The molecule has 1 N–H and O–H groups in total. The number of esters is 1. The lowest BCUT2D eigenvalue weighted by Gasteiger charge is -2.15. The number of pyridine rings is 1. The molecule has 1 unspecified atom stereocenters. The largest absolute Gasteiger partial charge is 0.463 e. The third kappa shape index (κ3) is 3.28. The van der Waals surface area contributed by atoms with E-state index in [1.807, 2.05) is 19.1 Å². The summed E-state index contributed by atoms with van der Waals surface area (Å²) in [4.78, 5) is 23.7. The Balaban J connectivity index is 2.21. The first kappa shape index (κ1) is 13.9. The Bertz CT molecular complexity index is 601. The maximum atomic E-state index is 11.5. The van der Waals surface area contributed by atoms with Crippen molar-refractivity contribution in [2.24, 2.45) is 0 Å². The van der Waals surface area contributed by atoms with Gasteiger partial charge in [0.15, 0.2) is 0 Å². The Morgan fingerprint density at radius 3 is 2.65 bits per heavy atom. The number of ether oxygens (including phenoxy) is 1. The van der Waals surface area contributed by atoms with E-state index in [-0.39, 0.29) is 11.9 Å². The molecule has 0 fully saturated rings. The lowest BCUT2D eigenvalue weighted by atomic mass is 10.1. The van der Waals surface area contributed by atoms with Crippen molar-refractivity contribution in [1.29, 1.82) is 0 Å². The third-order valence-electron chi connectivity index (χ3n) is 2.79. The van der Waals surface area contributed by atoms with Crippen LogP contribution in [-0.4, -0.2) is 28.0 Å². The van der Waals surface area contributed by atoms with E-state index in [4.69, 9.17) is 0 Å². The fraction of sp³-hybridized carbons (Fsp3) is 0.286. The van der Waals surface area contributed by atoms with Gasteiger partial charge in [-0.3, -0.25) is 4.98 Å². The Morgan fingerprint density at radius 1 is 1.30 bits per heavy atom. The quantitative estimate of drug-likeness (QED) is 0.859. The number of hydrogen-bond donors (Lipinski definition) is 1. The molecule has 0 bridgehead atoms. The number of rotatable bonds is 4. The van der Waals surface area contributed by atoms with Crippen LogP contribution in [0.4, 0.5) is 5.82 Å². The van der Waals surface area contributed by atoms with Crippen LogP contribution in [0.25, 0.3) is 0 Å². The molecule has 6 heteroatoms. The van der Waals surface area contributed by atoms with Gasteiger partial charge >= 0.3 is 5.97 Å². The Labute approximate surface area is 117 Å². The molecular formula is C14H16N4O2. The molecule has 0 saturated carbocycles. The lowest BCUT2D eigenvalue weighted by Crippen LogP contribution is -2.13. The van der Waals surface area contributed by atoms with Crippen molar-refractivity contribution in [3.8, 4) is 0 Å². The minimum atomic E-state index is -0.548. The SMILES string of the molecule is COC(=O)c1nc(C)cc(NC(C)c2ccncc2)n1. The zero-order valence-corrected chi connectivity index (χ0v) is 11.6. The maximum absolute atomic E-state index is 11.5. The Morgan fingerprint density at radius 2 is 2.00 bits per heavy atom. The van der Waals surface area contributed by atoms with Crippen LogP contribution in [-0.2, 0) is 4.74 Å². The van der Waals surface area contributed by atoms with Crippen LogP contribution in [0, 0.1) is 6.92 Å². The number of aryl methyl sites for hydroxylation is 1. The Kier molecular flexibility index (Phi) is 4.24. The van der Waals surface area contributed by atoms with Gasteiger partial charge in [0, 0.05) is 24.2 Å². The molecule has 0 spiro atoms. The van der Waals surface area contributed by atoms with Gasteiger partial charge in [-0.05, 0) is 31.5 Å². The number of hydrogen-bond acceptors (Lipinski definition) is 6. The highest BCUT2D eigenvalue weighted by Gasteiger charge is 2.13. The van der Waals surface area contributed by atoms with Gasteiger partial charge in [0.1, 0.15) is 5.82 Å². The van der Waals surface area contributed by atoms with Gasteiger partial charge in [0.25, 0.3) is 0 Å². The van der Waals surface area contributed by atoms with Crippen LogP contribution in [0.5, 0.6) is 0 Å². The van der Waals surface area contributed by atoms with E-state index in [2.05, 4.69) is 25.0 Å². The molecule has 20 heavy (non-hydrogen) atoms. The molecular weight excluding hydrogens is 256 g/mol. The third-order valence-corrected chi connectivity index (χ3v) is 2.79. The fourth-order valence-corrected chi connectivity index (χ4v) is 1.78. The molecule has 0 aliphatic heterocycles. The standard InChI is InChI=1S/C14H16N4O2/c1-9-8-12(18-13(16-9)14(19)20-3)17-10(2)11-4-6-15-7-5-11/h4-8,10H,1-3H3,(H,16,17,18). The molecule has 0 saturated heterocycles. The monoisotopic (exact) mass is 272 g/mol. The summed E-state index contributed by atoms with van der Waals surface area (Å²) in [5.74, 6) is 0.0902. The number of methoxy groups -OCH3 is 1. The molecule has 1 atom stereocenters. The molecule has 2 rings (SSSR count). The van der Waals surface area contributed by atoms with E-state index in [9.17, 15) is 4.79 Å². The van der Waals surface area contributed by atoms with Gasteiger partial charge in [0.2, 0.25) is 5.82 Å². The van der Waals surface area contributed by atoms with E-state index in [0.717, 1.165) is 5.56 Å². The summed E-state index contributed by atoms with van der Waals surface area (Å²) >= 11 is 0. The number of nitrogens with zero attached hydrogens (tertiary/aromatic N) is 3. The minimum Gasteiger partial charge on any atom is -0.463 e. The van der Waals surface area contributed by atoms with Crippen LogP contribution in [0.1, 0.15) is 34.8 Å². The molecule has 0 amide bonds. The van der Waals surface area contributed by atoms with Gasteiger partial charge in [-0.1, -0.05) is 0 Å². The van der Waals surface area contributed by atoms with Crippen LogP contribution < -0.4 is 5.32 Å². The van der Waals surface area contributed by atoms with Gasteiger partial charge in [-0.2, -0.15) is 0 Å². The smallest absolute Gasteiger partial charge is 0.376 e. The normalized spacial score (nSPS) is 11.8. The second-order valence-electron chi connectivity index (χ2n) is 4.36. The highest BCUT2D eigenvalue weighted by Crippen LogP contribution is 2.17. The topological polar surface area (TPSA) is 77.0 Å². The molecule has 104 valence electrons. The van der Waals surface area contributed by atoms with Crippen molar-refractivity contribution in [2.45, 2.75) is 19.9 Å². The second-order valence-corrected chi connectivity index (χ2v) is 4.36. The predicted octanol–water partition coefficient (Wildman–Crippen LogP) is 2.14. The van der Waals surface area contributed by atoms with Crippen molar-refractivity contribution in [1.82, 2.24) is 15.0 Å². The van der Waals surface area contributed by atoms with Gasteiger partial charge < -0.3 is 10.1 Å². The van der Waals surface area contributed by atoms with E-state index in [1.165, 1.54) is 7.11 Å². The maximum Gasteiger partial charge on any atom is 0.376 e. The van der Waals surface area contributed by atoms with Gasteiger partial charge in [-0.25, -0.2) is 14.8 Å². The molecule has 0 aliphatic rings. The van der Waals surface area contributed by atoms with E-state index < -0.39 is 5.97 Å². The molecule has 2 heterocycles. The highest BCUT2D eigenvalue weighted by atomic mass is 16.5. The molecule has 2 aromatic rings. The van der Waals surface area contributed by atoms with Gasteiger partial charge in [-0.15, -0.1) is 0 Å². The first-order valence-electron chi connectivity index (χ1n) is 6.20. The van der Waals surface area contributed by atoms with Crippen LogP contribution in [0.3, 0.4) is 0 Å². The number of anilines is 1. The summed E-state index contributed by atoms with van der Waals surface area (Å²) in [6, 6.07) is 5.67. The lowest BCUT2D eigenvalue weighted by molar-refractivity contribution is 0.0586. The van der Waals surface area contributed by atoms with Crippen LogP contribution in [0.2, 0.25) is 0 Å². The van der Waals surface area contributed by atoms with E-state index in [1.54, 1.807) is 25.4 Å². The van der Waals surface area contributed by atoms with Gasteiger partial charge in [0.05, 0.1) is 13.2 Å². The number of carbonyl (C=O) groups is 1. The summed E-state index contributed by atoms with van der Waals surface area (Å²) in [6.07, 6.45) is 3.47. The van der Waals surface area contributed by atoms with Crippen LogP contribution in [0.15, 0.2) is 30.6 Å². The zero-order valence-electron chi connectivity index (χ0n) is 11.6. The summed E-state index contributed by atoms with van der Waals surface area (Å²) in [5, 5.41) is 3.23. The van der Waals surface area contributed by atoms with Crippen molar-refractivity contribution in [3.05, 3.63) is 47.7 Å². The number of aromatic nitrogens is 3. The Hall–Kier alpha value is -2.50. The molecule has 0 radical (unpaired) electrons. The molecule has 0 aliphatic carbocycles.